The molecule has 0 saturated carbocycles. The highest BCUT2D eigenvalue weighted by Gasteiger charge is 2.60. The number of unbranched alkanes of at least 4 members (excludes halogenated alkanes) is 44. The van der Waals surface area contributed by atoms with Gasteiger partial charge in [-0.2, -0.15) is 0 Å². The summed E-state index contributed by atoms with van der Waals surface area (Å²) < 4.78 is 34.9. The van der Waals surface area contributed by atoms with Gasteiger partial charge in [-0.05, 0) is 19.3 Å². The first-order chi connectivity index (χ1) is 48.9. The van der Waals surface area contributed by atoms with E-state index in [1.54, 1.807) is 6.08 Å². The number of ether oxygens (including phenoxy) is 6. The Kier molecular flexibility index (Phi) is 52.9. The number of hydrogen-bond acceptors (Lipinski definition) is 20. The van der Waals surface area contributed by atoms with Crippen molar-refractivity contribution >= 4 is 17.8 Å². The van der Waals surface area contributed by atoms with E-state index in [2.05, 4.69) is 24.5 Å². The zero-order valence-electron chi connectivity index (χ0n) is 62.8. The van der Waals surface area contributed by atoms with Crippen molar-refractivity contribution in [2.45, 2.75) is 439 Å². The standard InChI is InChI=1S/C78H146N2O21/c1-4-6-8-10-12-14-16-18-20-22-23-24-25-26-27-28-29-30-31-32-33-34-35-36-38-40-42-44-46-48-50-52-65(88)80-59(60(85)51-49-47-45-43-41-39-37-21-19-17-15-13-11-9-7-5-2)57-96-75-70(92)69(91)72(64(56-83)98-75)99-76-71(93)74(68(90)63(55-82)97-76)101-78(77(94)95)53-61(86)66(79-58(3)84)73(100-78)67(89)62(87)54-81/h49,51,59-64,66-76,81-83,85-87,89-93H,4-48,50,52-57H2,1-3H3,(H,79,84)(H,80,88)(H,94,95)/b51-49+. The Morgan fingerprint density at radius 3 is 1.32 bits per heavy atom. The second-order valence-electron chi connectivity index (χ2n) is 29.6. The van der Waals surface area contributed by atoms with Gasteiger partial charge in [-0.25, -0.2) is 4.79 Å². The van der Waals surface area contributed by atoms with Crippen LogP contribution in [0.15, 0.2) is 12.2 Å². The van der Waals surface area contributed by atoms with Crippen molar-refractivity contribution in [3.63, 3.8) is 0 Å². The highest BCUT2D eigenvalue weighted by Crippen LogP contribution is 2.39. The molecule has 23 heteroatoms. The topological polar surface area (TPSA) is 373 Å². The highest BCUT2D eigenvalue weighted by atomic mass is 16.8. The summed E-state index contributed by atoms with van der Waals surface area (Å²) in [7, 11) is 0. The number of hydrogen-bond donors (Lipinski definition) is 14. The average molecular weight is 1450 g/mol. The molecule has 101 heavy (non-hydrogen) atoms. The van der Waals surface area contributed by atoms with Gasteiger partial charge in [0.25, 0.3) is 5.79 Å². The minimum atomic E-state index is -3.08. The van der Waals surface area contributed by atoms with Gasteiger partial charge in [0.1, 0.15) is 67.1 Å². The monoisotopic (exact) mass is 1450 g/mol. The molecule has 594 valence electrons. The smallest absolute Gasteiger partial charge is 0.364 e. The molecule has 14 N–H and O–H groups in total. The fraction of sp³-hybridized carbons (Fsp3) is 0.936. The number of carboxylic acids is 1. The Bertz CT molecular complexity index is 2070. The van der Waals surface area contributed by atoms with Crippen LogP contribution in [-0.4, -0.2) is 215 Å². The molecular formula is C78H146N2O21. The number of rotatable bonds is 64. The molecule has 0 bridgehead atoms. The van der Waals surface area contributed by atoms with Crippen molar-refractivity contribution < 1.29 is 104 Å². The van der Waals surface area contributed by atoms with Gasteiger partial charge < -0.3 is 100 Å². The summed E-state index contributed by atoms with van der Waals surface area (Å²) in [4.78, 5) is 38.7. The Labute approximate surface area is 607 Å². The zero-order chi connectivity index (χ0) is 73.9. The minimum Gasteiger partial charge on any atom is -0.477 e. The molecule has 2 amide bonds. The summed E-state index contributed by atoms with van der Waals surface area (Å²) in [5.74, 6) is -6.13. The van der Waals surface area contributed by atoms with E-state index < -0.39 is 155 Å². The first kappa shape index (κ1) is 92.7. The van der Waals surface area contributed by atoms with Crippen LogP contribution in [0, 0.1) is 0 Å². The maximum Gasteiger partial charge on any atom is 0.364 e. The maximum atomic E-state index is 13.5. The normalized spacial score (nSPS) is 26.8. The SMILES string of the molecule is CCCCCCCCCCCCCCCC/C=C/C(O)C(COC1OC(CO)C(OC2OC(CO)C(O)C(OC3(C(=O)O)CC(O)C(NC(C)=O)C(C(O)C(O)CO)O3)C2O)C(O)C1O)NC(=O)CCCCCCCCCCCCCCCCCCCCCCCCCCCCCCCCC. The summed E-state index contributed by atoms with van der Waals surface area (Å²) in [5, 5.41) is 136. The number of amides is 2. The van der Waals surface area contributed by atoms with Crippen molar-refractivity contribution in [2.24, 2.45) is 0 Å². The molecule has 0 aromatic rings. The van der Waals surface area contributed by atoms with E-state index in [4.69, 9.17) is 28.4 Å². The van der Waals surface area contributed by atoms with Crippen LogP contribution in [0.1, 0.15) is 329 Å². The molecule has 0 aromatic heterocycles. The number of allylic oxidation sites excluding steroid dienone is 1. The molecule has 0 aliphatic carbocycles. The summed E-state index contributed by atoms with van der Waals surface area (Å²) in [6.07, 6.45) is 32.7. The van der Waals surface area contributed by atoms with Crippen molar-refractivity contribution in [1.29, 1.82) is 0 Å². The van der Waals surface area contributed by atoms with E-state index >= 15 is 0 Å². The van der Waals surface area contributed by atoms with Crippen LogP contribution in [0.4, 0.5) is 0 Å². The van der Waals surface area contributed by atoms with E-state index in [1.165, 1.54) is 238 Å². The number of carbonyl (C=O) groups is 3. The van der Waals surface area contributed by atoms with Gasteiger partial charge in [-0.1, -0.05) is 302 Å². The number of nitrogens with one attached hydrogen (secondary N) is 2. The Morgan fingerprint density at radius 1 is 0.515 bits per heavy atom. The molecule has 0 spiro atoms. The van der Waals surface area contributed by atoms with Crippen LogP contribution in [0.5, 0.6) is 0 Å². The summed E-state index contributed by atoms with van der Waals surface area (Å²) in [6.45, 7) is 2.18. The van der Waals surface area contributed by atoms with E-state index in [-0.39, 0.29) is 12.3 Å². The molecule has 0 aromatic carbocycles. The largest absolute Gasteiger partial charge is 0.477 e. The molecule has 3 saturated heterocycles. The number of carboxylic acid groups (broad SMARTS) is 1. The Morgan fingerprint density at radius 2 is 0.921 bits per heavy atom. The van der Waals surface area contributed by atoms with E-state index in [1.807, 2.05) is 6.08 Å². The third-order valence-electron chi connectivity index (χ3n) is 20.7. The molecule has 0 radical (unpaired) electrons. The molecule has 18 unspecified atom stereocenters. The van der Waals surface area contributed by atoms with Gasteiger partial charge in [0.15, 0.2) is 12.6 Å². The third kappa shape index (κ3) is 38.2. The molecule has 18 atom stereocenters. The number of aliphatic carboxylic acids is 1. The minimum absolute atomic E-state index is 0.206. The maximum absolute atomic E-state index is 13.5. The molecule has 23 nitrogen and oxygen atoms in total. The molecule has 3 aliphatic heterocycles. The second kappa shape index (κ2) is 57.6. The van der Waals surface area contributed by atoms with Crippen molar-refractivity contribution in [3.05, 3.63) is 12.2 Å². The number of aliphatic hydroxyl groups excluding tert-OH is 11. The first-order valence-corrected chi connectivity index (χ1v) is 40.6. The Balaban J connectivity index is 1.47. The van der Waals surface area contributed by atoms with Crippen molar-refractivity contribution in [3.8, 4) is 0 Å². The quantitative estimate of drug-likeness (QED) is 0.0199. The lowest BCUT2D eigenvalue weighted by molar-refractivity contribution is -0.386. The molecular weight excluding hydrogens is 1300 g/mol. The fourth-order valence-electron chi connectivity index (χ4n) is 14.3. The van der Waals surface area contributed by atoms with Crippen LogP contribution in [0.3, 0.4) is 0 Å². The zero-order valence-corrected chi connectivity index (χ0v) is 62.8. The van der Waals surface area contributed by atoms with Gasteiger partial charge in [-0.15, -0.1) is 0 Å². The lowest BCUT2D eigenvalue weighted by Crippen LogP contribution is -2.70. The third-order valence-corrected chi connectivity index (χ3v) is 20.7. The van der Waals surface area contributed by atoms with Crippen LogP contribution in [-0.2, 0) is 42.8 Å². The van der Waals surface area contributed by atoms with Crippen molar-refractivity contribution in [2.75, 3.05) is 26.4 Å². The number of aliphatic hydroxyl groups is 11. The van der Waals surface area contributed by atoms with Gasteiger partial charge in [0.05, 0.1) is 50.7 Å². The van der Waals surface area contributed by atoms with E-state index in [0.717, 1.165) is 51.9 Å². The first-order valence-electron chi connectivity index (χ1n) is 40.6. The lowest BCUT2D eigenvalue weighted by atomic mass is 9.88. The van der Waals surface area contributed by atoms with E-state index in [9.17, 15) is 75.7 Å². The van der Waals surface area contributed by atoms with Crippen LogP contribution in [0.25, 0.3) is 0 Å². The van der Waals surface area contributed by atoms with E-state index in [0.29, 0.717) is 12.8 Å². The average Bonchev–Trinajstić information content (AvgIpc) is 0.757. The summed E-state index contributed by atoms with van der Waals surface area (Å²) in [6, 6.07) is -2.61. The molecule has 3 fully saturated rings. The lowest BCUT2D eigenvalue weighted by Gasteiger charge is -2.50. The van der Waals surface area contributed by atoms with Crippen LogP contribution in [0.2, 0.25) is 0 Å². The molecule has 3 heterocycles. The number of carbonyl (C=O) groups excluding carboxylic acids is 2. The summed E-state index contributed by atoms with van der Waals surface area (Å²) >= 11 is 0. The van der Waals surface area contributed by atoms with Gasteiger partial charge in [0.2, 0.25) is 11.8 Å². The van der Waals surface area contributed by atoms with Crippen molar-refractivity contribution in [1.82, 2.24) is 10.6 Å². The van der Waals surface area contributed by atoms with Gasteiger partial charge in [0, 0.05) is 19.8 Å². The molecule has 3 rings (SSSR count). The second-order valence-corrected chi connectivity index (χ2v) is 29.6. The van der Waals surface area contributed by atoms with Gasteiger partial charge in [-0.3, -0.25) is 9.59 Å². The fourth-order valence-corrected chi connectivity index (χ4v) is 14.3. The Hall–Kier alpha value is -2.53. The molecule has 3 aliphatic rings. The predicted octanol–water partition coefficient (Wildman–Crippen LogP) is 10.6. The predicted molar refractivity (Wildman–Crippen MR) is 389 cm³/mol. The van der Waals surface area contributed by atoms with Crippen LogP contribution < -0.4 is 10.6 Å². The van der Waals surface area contributed by atoms with Crippen LogP contribution >= 0.6 is 0 Å². The van der Waals surface area contributed by atoms with Gasteiger partial charge >= 0.3 is 5.97 Å². The highest BCUT2D eigenvalue weighted by molar-refractivity contribution is 5.77. The summed E-state index contributed by atoms with van der Waals surface area (Å²) in [5.41, 5.74) is 0.